The average molecular weight is 216 g/mol. The Bertz CT molecular complexity index is 261. The molecule has 0 aliphatic rings. The Morgan fingerprint density at radius 2 is 1.93 bits per heavy atom. The minimum Gasteiger partial charge on any atom is -0.396 e. The molecule has 0 saturated carbocycles. The van der Waals surface area contributed by atoms with Gasteiger partial charge in [-0.2, -0.15) is 0 Å². The molecular weight excluding hydrogens is 202 g/mol. The number of nitrogens with one attached hydrogen (secondary N) is 1. The van der Waals surface area contributed by atoms with Crippen LogP contribution in [-0.4, -0.2) is 18.1 Å². The number of aryl methyl sites for hydroxylation is 1. The van der Waals surface area contributed by atoms with Crippen LogP contribution < -0.4 is 5.32 Å². The van der Waals surface area contributed by atoms with E-state index in [1.54, 1.807) is 0 Å². The van der Waals surface area contributed by atoms with Gasteiger partial charge in [0.1, 0.15) is 0 Å². The molecule has 0 aliphatic carbocycles. The molecule has 1 amide bonds. The molecule has 14 heavy (non-hydrogen) atoms. The third-order valence-electron chi connectivity index (χ3n) is 1.80. The molecule has 2 N–H and O–H groups in total. The van der Waals surface area contributed by atoms with Crippen LogP contribution in [0.15, 0.2) is 24.3 Å². The highest BCUT2D eigenvalue weighted by molar-refractivity contribution is 5.85. The first-order valence-corrected chi connectivity index (χ1v) is 4.27. The van der Waals surface area contributed by atoms with Crippen molar-refractivity contribution < 1.29 is 9.90 Å². The molecule has 0 radical (unpaired) electrons. The van der Waals surface area contributed by atoms with Gasteiger partial charge in [-0.3, -0.25) is 4.79 Å². The summed E-state index contributed by atoms with van der Waals surface area (Å²) >= 11 is 0. The van der Waals surface area contributed by atoms with Crippen LogP contribution in [0.1, 0.15) is 12.0 Å². The number of hydrogen-bond donors (Lipinski definition) is 2. The third kappa shape index (κ3) is 4.25. The number of anilines is 1. The lowest BCUT2D eigenvalue weighted by atomic mass is 10.1. The standard InChI is InChI=1S/C10H13NO2.ClH/c12-7-1-2-9-3-5-10(6-4-9)11-8-13;/h3-6,8,12H,1-2,7H2,(H,11,13);1H. The van der Waals surface area contributed by atoms with Crippen LogP contribution in [0.5, 0.6) is 0 Å². The summed E-state index contributed by atoms with van der Waals surface area (Å²) in [6, 6.07) is 7.59. The van der Waals surface area contributed by atoms with E-state index in [0.29, 0.717) is 6.41 Å². The number of carbonyl (C=O) groups is 1. The summed E-state index contributed by atoms with van der Waals surface area (Å²) in [4.78, 5) is 10.1. The summed E-state index contributed by atoms with van der Waals surface area (Å²) in [6.07, 6.45) is 2.31. The fraction of sp³-hybridized carbons (Fsp3) is 0.300. The van der Waals surface area contributed by atoms with E-state index in [-0.39, 0.29) is 19.0 Å². The van der Waals surface area contributed by atoms with Gasteiger partial charge in [-0.25, -0.2) is 0 Å². The topological polar surface area (TPSA) is 49.3 Å². The van der Waals surface area contributed by atoms with Gasteiger partial charge < -0.3 is 10.4 Å². The maximum Gasteiger partial charge on any atom is 0.211 e. The lowest BCUT2D eigenvalue weighted by Gasteiger charge is -2.01. The molecule has 0 fully saturated rings. The first-order valence-electron chi connectivity index (χ1n) is 4.27. The Hall–Kier alpha value is -1.06. The molecule has 1 aromatic rings. The molecule has 4 heteroatoms. The Morgan fingerprint density at radius 1 is 1.29 bits per heavy atom. The molecule has 1 aromatic carbocycles. The number of hydrogen-bond acceptors (Lipinski definition) is 2. The summed E-state index contributed by atoms with van der Waals surface area (Å²) in [5.41, 5.74) is 1.97. The second-order valence-corrected chi connectivity index (χ2v) is 2.79. The Morgan fingerprint density at radius 3 is 2.43 bits per heavy atom. The monoisotopic (exact) mass is 215 g/mol. The number of benzene rings is 1. The van der Waals surface area contributed by atoms with Gasteiger partial charge in [-0.1, -0.05) is 12.1 Å². The van der Waals surface area contributed by atoms with Crippen molar-refractivity contribution in [2.75, 3.05) is 11.9 Å². The number of aliphatic hydroxyl groups is 1. The zero-order chi connectivity index (χ0) is 9.52. The predicted octanol–water partition coefficient (Wildman–Crippen LogP) is 1.60. The van der Waals surface area contributed by atoms with Gasteiger partial charge in [0.05, 0.1) is 0 Å². The lowest BCUT2D eigenvalue weighted by Crippen LogP contribution is -1.94. The van der Waals surface area contributed by atoms with Crippen molar-refractivity contribution in [3.05, 3.63) is 29.8 Å². The number of halogens is 1. The average Bonchev–Trinajstić information content (AvgIpc) is 2.17. The van der Waals surface area contributed by atoms with Crippen molar-refractivity contribution in [3.8, 4) is 0 Å². The SMILES string of the molecule is Cl.O=CNc1ccc(CCCO)cc1. The van der Waals surface area contributed by atoms with Crippen molar-refractivity contribution in [3.63, 3.8) is 0 Å². The summed E-state index contributed by atoms with van der Waals surface area (Å²) in [7, 11) is 0. The van der Waals surface area contributed by atoms with Crippen LogP contribution >= 0.6 is 12.4 Å². The van der Waals surface area contributed by atoms with Crippen molar-refractivity contribution in [2.24, 2.45) is 0 Å². The van der Waals surface area contributed by atoms with Gasteiger partial charge >= 0.3 is 0 Å². The maximum atomic E-state index is 10.1. The first-order chi connectivity index (χ1) is 6.36. The molecule has 0 unspecified atom stereocenters. The smallest absolute Gasteiger partial charge is 0.211 e. The van der Waals surface area contributed by atoms with Crippen LogP contribution in [-0.2, 0) is 11.2 Å². The van der Waals surface area contributed by atoms with Gasteiger partial charge in [0, 0.05) is 12.3 Å². The largest absolute Gasteiger partial charge is 0.396 e. The first kappa shape index (κ1) is 12.9. The minimum atomic E-state index is 0. The molecule has 0 atom stereocenters. The van der Waals surface area contributed by atoms with Crippen molar-refractivity contribution in [2.45, 2.75) is 12.8 Å². The predicted molar refractivity (Wildman–Crippen MR) is 58.8 cm³/mol. The lowest BCUT2D eigenvalue weighted by molar-refractivity contribution is -0.105. The van der Waals surface area contributed by atoms with E-state index in [0.717, 1.165) is 18.5 Å². The molecule has 0 saturated heterocycles. The van der Waals surface area contributed by atoms with Gasteiger partial charge in [-0.15, -0.1) is 12.4 Å². The second kappa shape index (κ2) is 7.35. The zero-order valence-corrected chi connectivity index (χ0v) is 8.59. The van der Waals surface area contributed by atoms with Crippen molar-refractivity contribution >= 4 is 24.5 Å². The summed E-state index contributed by atoms with van der Waals surface area (Å²) < 4.78 is 0. The molecule has 0 heterocycles. The van der Waals surface area contributed by atoms with Gasteiger partial charge in [-0.05, 0) is 30.5 Å². The Labute approximate surface area is 89.5 Å². The highest BCUT2D eigenvalue weighted by atomic mass is 35.5. The molecule has 1 rings (SSSR count). The van der Waals surface area contributed by atoms with E-state index >= 15 is 0 Å². The fourth-order valence-electron chi connectivity index (χ4n) is 1.12. The molecular formula is C10H14ClNO2. The van der Waals surface area contributed by atoms with E-state index in [9.17, 15) is 4.79 Å². The van der Waals surface area contributed by atoms with Crippen molar-refractivity contribution in [1.82, 2.24) is 0 Å². The van der Waals surface area contributed by atoms with Crippen LogP contribution in [0, 0.1) is 0 Å². The van der Waals surface area contributed by atoms with E-state index < -0.39 is 0 Å². The summed E-state index contributed by atoms with van der Waals surface area (Å²) in [6.45, 7) is 0.217. The Balaban J connectivity index is 0.00000169. The minimum absolute atomic E-state index is 0. The molecule has 0 aromatic heterocycles. The highest BCUT2D eigenvalue weighted by Gasteiger charge is 1.93. The van der Waals surface area contributed by atoms with Gasteiger partial charge in [0.25, 0.3) is 0 Å². The summed E-state index contributed by atoms with van der Waals surface area (Å²) in [5.74, 6) is 0. The second-order valence-electron chi connectivity index (χ2n) is 2.79. The third-order valence-corrected chi connectivity index (χ3v) is 1.80. The molecule has 0 spiro atoms. The van der Waals surface area contributed by atoms with E-state index in [1.807, 2.05) is 24.3 Å². The quantitative estimate of drug-likeness (QED) is 0.734. The van der Waals surface area contributed by atoms with E-state index in [2.05, 4.69) is 5.32 Å². The van der Waals surface area contributed by atoms with Crippen molar-refractivity contribution in [1.29, 1.82) is 0 Å². The van der Waals surface area contributed by atoms with Gasteiger partial charge in [0.15, 0.2) is 0 Å². The number of rotatable bonds is 5. The molecule has 78 valence electrons. The van der Waals surface area contributed by atoms with Crippen LogP contribution in [0.4, 0.5) is 5.69 Å². The maximum absolute atomic E-state index is 10.1. The normalized spacial score (nSPS) is 8.93. The fourth-order valence-corrected chi connectivity index (χ4v) is 1.12. The number of aliphatic hydroxyl groups excluding tert-OH is 1. The van der Waals surface area contributed by atoms with Crippen LogP contribution in [0.25, 0.3) is 0 Å². The number of carbonyl (C=O) groups excluding carboxylic acids is 1. The van der Waals surface area contributed by atoms with Crippen LogP contribution in [0.2, 0.25) is 0 Å². The number of amides is 1. The molecule has 0 bridgehead atoms. The molecule has 0 aliphatic heterocycles. The highest BCUT2D eigenvalue weighted by Crippen LogP contribution is 2.09. The van der Waals surface area contributed by atoms with Crippen LogP contribution in [0.3, 0.4) is 0 Å². The zero-order valence-electron chi connectivity index (χ0n) is 7.77. The van der Waals surface area contributed by atoms with Gasteiger partial charge in [0.2, 0.25) is 6.41 Å². The summed E-state index contributed by atoms with van der Waals surface area (Å²) in [5, 5.41) is 11.2. The van der Waals surface area contributed by atoms with E-state index in [1.165, 1.54) is 5.56 Å². The van der Waals surface area contributed by atoms with E-state index in [4.69, 9.17) is 5.11 Å². The molecule has 3 nitrogen and oxygen atoms in total. The Kier molecular flexibility index (Phi) is 6.80.